The highest BCUT2D eigenvalue weighted by Gasteiger charge is 2.27. The van der Waals surface area contributed by atoms with Crippen molar-refractivity contribution in [1.29, 1.82) is 0 Å². The van der Waals surface area contributed by atoms with Gasteiger partial charge in [-0.15, -0.1) is 0 Å². The van der Waals surface area contributed by atoms with E-state index in [0.717, 1.165) is 16.0 Å². The second-order valence-electron chi connectivity index (χ2n) is 6.61. The minimum Gasteiger partial charge on any atom is -0.494 e. The second kappa shape index (κ2) is 9.32. The maximum atomic E-state index is 12.9. The molecule has 1 atom stereocenters. The fourth-order valence-corrected chi connectivity index (χ4v) is 4.31. The number of benzene rings is 2. The summed E-state index contributed by atoms with van der Waals surface area (Å²) in [5.74, 6) is 1.62. The molecule has 30 heavy (non-hydrogen) atoms. The van der Waals surface area contributed by atoms with Gasteiger partial charge in [0.1, 0.15) is 12.4 Å². The number of carbonyl (C=O) groups excluding carboxylic acids is 1. The van der Waals surface area contributed by atoms with E-state index < -0.39 is 6.10 Å². The molecule has 1 amide bonds. The number of fused-ring (bicyclic) bond motifs is 2. The van der Waals surface area contributed by atoms with Crippen molar-refractivity contribution < 1.29 is 23.7 Å². The Morgan fingerprint density at radius 3 is 2.83 bits per heavy atom. The van der Waals surface area contributed by atoms with E-state index in [1.165, 1.54) is 11.3 Å². The van der Waals surface area contributed by atoms with Crippen molar-refractivity contribution in [2.45, 2.75) is 26.5 Å². The molecule has 0 fully saturated rings. The van der Waals surface area contributed by atoms with Gasteiger partial charge < -0.3 is 23.5 Å². The van der Waals surface area contributed by atoms with Gasteiger partial charge >= 0.3 is 0 Å². The van der Waals surface area contributed by atoms with E-state index in [4.69, 9.17) is 18.9 Å². The van der Waals surface area contributed by atoms with Crippen LogP contribution in [-0.2, 0) is 16.1 Å². The summed E-state index contributed by atoms with van der Waals surface area (Å²) in [5, 5.41) is 0. The number of ether oxygens (including phenoxy) is 4. The zero-order valence-electron chi connectivity index (χ0n) is 17.0. The number of thiazole rings is 1. The molecular weight excluding hydrogens is 404 g/mol. The van der Waals surface area contributed by atoms with Gasteiger partial charge in [0.25, 0.3) is 5.91 Å². The number of amides is 1. The molecule has 8 heteroatoms. The molecule has 2 heterocycles. The third kappa shape index (κ3) is 4.34. The largest absolute Gasteiger partial charge is 0.494 e. The van der Waals surface area contributed by atoms with Crippen molar-refractivity contribution in [3.05, 3.63) is 47.3 Å². The summed E-state index contributed by atoms with van der Waals surface area (Å²) >= 11 is 1.44. The molecule has 1 unspecified atom stereocenters. The van der Waals surface area contributed by atoms with Crippen LogP contribution in [0.25, 0.3) is 10.2 Å². The standard InChI is InChI=1S/C22H24N2O5S/c1-3-26-12-11-24-16-10-9-15(27-4-2)13-20(16)30-22(24)23-21(25)19-14-28-17-7-5-6-8-18(17)29-19/h5-10,13,19H,3-4,11-12,14H2,1-2H3. The van der Waals surface area contributed by atoms with E-state index in [0.29, 0.717) is 42.7 Å². The Morgan fingerprint density at radius 1 is 1.20 bits per heavy atom. The molecule has 4 rings (SSSR count). The molecule has 3 aromatic rings. The van der Waals surface area contributed by atoms with Crippen LogP contribution in [0.4, 0.5) is 0 Å². The van der Waals surface area contributed by atoms with Gasteiger partial charge in [0.05, 0.1) is 23.4 Å². The molecule has 1 aliphatic heterocycles. The first-order valence-corrected chi connectivity index (χ1v) is 10.8. The normalized spacial score (nSPS) is 16.1. The smallest absolute Gasteiger partial charge is 0.292 e. The summed E-state index contributed by atoms with van der Waals surface area (Å²) in [4.78, 5) is 17.9. The Kier molecular flexibility index (Phi) is 6.35. The minimum atomic E-state index is -0.774. The number of rotatable bonds is 7. The Morgan fingerprint density at radius 2 is 2.03 bits per heavy atom. The van der Waals surface area contributed by atoms with Gasteiger partial charge in [-0.2, -0.15) is 4.99 Å². The van der Waals surface area contributed by atoms with E-state index >= 15 is 0 Å². The summed E-state index contributed by atoms with van der Waals surface area (Å²) in [5.41, 5.74) is 0.987. The molecule has 0 spiro atoms. The highest BCUT2D eigenvalue weighted by molar-refractivity contribution is 7.16. The Bertz CT molecular complexity index is 1100. The van der Waals surface area contributed by atoms with Crippen LogP contribution in [0.2, 0.25) is 0 Å². The van der Waals surface area contributed by atoms with Gasteiger partial charge in [0.15, 0.2) is 16.3 Å². The highest BCUT2D eigenvalue weighted by Crippen LogP contribution is 2.31. The Hall–Kier alpha value is -2.84. The lowest BCUT2D eigenvalue weighted by atomic mass is 10.2. The first-order valence-electron chi connectivity index (χ1n) is 10.0. The van der Waals surface area contributed by atoms with E-state index in [1.54, 1.807) is 6.07 Å². The van der Waals surface area contributed by atoms with Gasteiger partial charge in [-0.1, -0.05) is 23.5 Å². The number of para-hydroxylation sites is 2. The maximum Gasteiger partial charge on any atom is 0.292 e. The number of aromatic nitrogens is 1. The molecule has 0 N–H and O–H groups in total. The van der Waals surface area contributed by atoms with Crippen molar-refractivity contribution >= 4 is 27.5 Å². The van der Waals surface area contributed by atoms with Crippen molar-refractivity contribution in [1.82, 2.24) is 4.57 Å². The molecule has 2 aromatic carbocycles. The van der Waals surface area contributed by atoms with E-state index in [1.807, 2.05) is 54.8 Å². The van der Waals surface area contributed by atoms with Crippen molar-refractivity contribution in [3.8, 4) is 17.2 Å². The minimum absolute atomic E-state index is 0.137. The first kappa shape index (κ1) is 20.4. The van der Waals surface area contributed by atoms with E-state index in [-0.39, 0.29) is 12.5 Å². The SMILES string of the molecule is CCOCCn1c(=NC(=O)C2COc3ccccc3O2)sc2cc(OCC)ccc21. The molecule has 7 nitrogen and oxygen atoms in total. The maximum absolute atomic E-state index is 12.9. The fraction of sp³-hybridized carbons (Fsp3) is 0.364. The van der Waals surface area contributed by atoms with E-state index in [2.05, 4.69) is 4.99 Å². The van der Waals surface area contributed by atoms with Crippen LogP contribution in [0.1, 0.15) is 13.8 Å². The topological polar surface area (TPSA) is 71.3 Å². The van der Waals surface area contributed by atoms with Crippen LogP contribution in [0.15, 0.2) is 47.5 Å². The first-order chi connectivity index (χ1) is 14.7. The molecule has 1 aromatic heterocycles. The van der Waals surface area contributed by atoms with Gasteiger partial charge in [0.2, 0.25) is 6.10 Å². The Labute approximate surface area is 178 Å². The predicted octanol–water partition coefficient (Wildman–Crippen LogP) is 3.41. The van der Waals surface area contributed by atoms with Gasteiger partial charge in [0, 0.05) is 13.2 Å². The second-order valence-corrected chi connectivity index (χ2v) is 7.62. The third-order valence-electron chi connectivity index (χ3n) is 4.62. The number of hydrogen-bond acceptors (Lipinski definition) is 6. The summed E-state index contributed by atoms with van der Waals surface area (Å²) in [7, 11) is 0. The molecule has 1 aliphatic rings. The number of nitrogens with zero attached hydrogens (tertiary/aromatic N) is 2. The van der Waals surface area contributed by atoms with Gasteiger partial charge in [-0.3, -0.25) is 4.79 Å². The quantitative estimate of drug-likeness (QED) is 0.540. The lowest BCUT2D eigenvalue weighted by molar-refractivity contribution is -0.127. The zero-order chi connectivity index (χ0) is 20.9. The average molecular weight is 429 g/mol. The summed E-state index contributed by atoms with van der Waals surface area (Å²) < 4.78 is 25.6. The Balaban J connectivity index is 1.66. The van der Waals surface area contributed by atoms with Crippen LogP contribution in [0.5, 0.6) is 17.2 Å². The number of hydrogen-bond donors (Lipinski definition) is 0. The third-order valence-corrected chi connectivity index (χ3v) is 5.66. The predicted molar refractivity (Wildman–Crippen MR) is 114 cm³/mol. The zero-order valence-corrected chi connectivity index (χ0v) is 17.8. The molecule has 0 saturated carbocycles. The van der Waals surface area contributed by atoms with Crippen LogP contribution in [0.3, 0.4) is 0 Å². The van der Waals surface area contributed by atoms with Crippen LogP contribution in [-0.4, -0.2) is 43.0 Å². The van der Waals surface area contributed by atoms with E-state index in [9.17, 15) is 4.79 Å². The van der Waals surface area contributed by atoms with Gasteiger partial charge in [-0.25, -0.2) is 0 Å². The summed E-state index contributed by atoms with van der Waals surface area (Å²) in [6, 6.07) is 13.2. The highest BCUT2D eigenvalue weighted by atomic mass is 32.1. The summed E-state index contributed by atoms with van der Waals surface area (Å²) in [6.45, 7) is 6.40. The molecular formula is C22H24N2O5S. The molecule has 158 valence electrons. The lowest BCUT2D eigenvalue weighted by Gasteiger charge is -2.23. The van der Waals surface area contributed by atoms with Crippen molar-refractivity contribution in [3.63, 3.8) is 0 Å². The fourth-order valence-electron chi connectivity index (χ4n) is 3.22. The van der Waals surface area contributed by atoms with Crippen molar-refractivity contribution in [2.75, 3.05) is 26.4 Å². The average Bonchev–Trinajstić information content (AvgIpc) is 3.10. The van der Waals surface area contributed by atoms with Crippen LogP contribution >= 0.6 is 11.3 Å². The monoisotopic (exact) mass is 428 g/mol. The molecule has 0 saturated heterocycles. The number of carbonyl (C=O) groups is 1. The van der Waals surface area contributed by atoms with Crippen LogP contribution < -0.4 is 19.0 Å². The van der Waals surface area contributed by atoms with Gasteiger partial charge in [-0.05, 0) is 44.2 Å². The lowest BCUT2D eigenvalue weighted by Crippen LogP contribution is -2.37. The molecule has 0 aliphatic carbocycles. The molecule has 0 bridgehead atoms. The van der Waals surface area contributed by atoms with Crippen LogP contribution in [0, 0.1) is 0 Å². The van der Waals surface area contributed by atoms with Crippen molar-refractivity contribution in [2.24, 2.45) is 4.99 Å². The molecule has 0 radical (unpaired) electrons. The summed E-state index contributed by atoms with van der Waals surface area (Å²) in [6.07, 6.45) is -0.774.